The molecule has 3 aromatic carbocycles. The van der Waals surface area contributed by atoms with E-state index in [1.807, 2.05) is 25.8 Å². The first-order chi connectivity index (χ1) is 17.8. The molecule has 0 saturated heterocycles. The summed E-state index contributed by atoms with van der Waals surface area (Å²) >= 11 is 2.81. The topological polar surface area (TPSA) is 67.4 Å². The Bertz CT molecular complexity index is 1440. The van der Waals surface area contributed by atoms with E-state index in [0.29, 0.717) is 23.1 Å². The molecule has 1 aliphatic heterocycles. The Hall–Kier alpha value is -3.14. The Morgan fingerprint density at radius 3 is 2.22 bits per heavy atom. The first-order valence-electron chi connectivity index (χ1n) is 12.0. The van der Waals surface area contributed by atoms with Gasteiger partial charge >= 0.3 is 0 Å². The zero-order valence-electron chi connectivity index (χ0n) is 20.8. The van der Waals surface area contributed by atoms with Crippen LogP contribution in [-0.2, 0) is 4.87 Å². The van der Waals surface area contributed by atoms with E-state index in [1.54, 1.807) is 0 Å². The molecule has 9 heteroatoms. The molecule has 5 nitrogen and oxygen atoms in total. The van der Waals surface area contributed by atoms with Crippen LogP contribution in [0, 0.1) is 32.4 Å². The quantitative estimate of drug-likeness (QED) is 0.287. The fraction of sp³-hybridized carbons (Fsp3) is 0.250. The van der Waals surface area contributed by atoms with Gasteiger partial charge in [-0.15, -0.1) is 10.2 Å². The lowest BCUT2D eigenvalue weighted by atomic mass is 9.83. The smallest absolute Gasteiger partial charge is 0.230 e. The van der Waals surface area contributed by atoms with E-state index in [-0.39, 0.29) is 11.5 Å². The predicted octanol–water partition coefficient (Wildman–Crippen LogP) is 6.64. The Balaban J connectivity index is 1.79. The lowest BCUT2D eigenvalue weighted by Gasteiger charge is -2.42. The van der Waals surface area contributed by atoms with Crippen LogP contribution in [-0.4, -0.2) is 21.8 Å². The predicted molar refractivity (Wildman–Crippen MR) is 148 cm³/mol. The van der Waals surface area contributed by atoms with Crippen LogP contribution in [0.4, 0.5) is 13.9 Å². The van der Waals surface area contributed by atoms with Crippen LogP contribution in [0.1, 0.15) is 45.2 Å². The number of hydrogen-bond acceptors (Lipinski definition) is 7. The van der Waals surface area contributed by atoms with E-state index in [1.165, 1.54) is 29.2 Å². The van der Waals surface area contributed by atoms with Gasteiger partial charge < -0.3 is 5.73 Å². The number of anilines is 1. The second-order valence-corrected chi connectivity index (χ2v) is 11.5. The lowest BCUT2D eigenvalue weighted by Crippen LogP contribution is -2.44. The molecule has 2 N–H and O–H groups in total. The molecule has 2 atom stereocenters. The third-order valence-corrected chi connectivity index (χ3v) is 8.80. The molecule has 1 aromatic heterocycles. The van der Waals surface area contributed by atoms with Gasteiger partial charge in [0.2, 0.25) is 5.13 Å². The van der Waals surface area contributed by atoms with Crippen LogP contribution in [0.2, 0.25) is 0 Å². The highest BCUT2D eigenvalue weighted by Gasteiger charge is 2.53. The monoisotopic (exact) mass is 535 g/mol. The van der Waals surface area contributed by atoms with Crippen LogP contribution in [0.25, 0.3) is 0 Å². The van der Waals surface area contributed by atoms with Crippen LogP contribution < -0.4 is 10.7 Å². The normalized spacial score (nSPS) is 18.2. The maximum absolute atomic E-state index is 15.1. The molecule has 0 amide bonds. The summed E-state index contributed by atoms with van der Waals surface area (Å²) < 4.78 is 29.3. The summed E-state index contributed by atoms with van der Waals surface area (Å²) in [5, 5.41) is 17.2. The summed E-state index contributed by atoms with van der Waals surface area (Å²) in [6.07, 6.45) is 0.632. The summed E-state index contributed by atoms with van der Waals surface area (Å²) in [4.78, 5) is -0.873. The number of nitrogens with zero attached hydrogens (tertiary/aromatic N) is 4. The molecule has 0 aliphatic carbocycles. The highest BCUT2D eigenvalue weighted by atomic mass is 32.2. The Morgan fingerprint density at radius 2 is 1.59 bits per heavy atom. The van der Waals surface area contributed by atoms with E-state index in [9.17, 15) is 4.39 Å². The third-order valence-electron chi connectivity index (χ3n) is 6.49. The number of thioether (sulfide) groups is 1. The molecule has 4 aromatic rings. The highest BCUT2D eigenvalue weighted by Crippen LogP contribution is 2.58. The van der Waals surface area contributed by atoms with Gasteiger partial charge in [-0.05, 0) is 63.1 Å². The fourth-order valence-corrected chi connectivity index (χ4v) is 6.95. The van der Waals surface area contributed by atoms with Gasteiger partial charge in [0.05, 0.1) is 0 Å². The Labute approximate surface area is 223 Å². The number of rotatable bonds is 7. The van der Waals surface area contributed by atoms with Crippen molar-refractivity contribution < 1.29 is 8.78 Å². The first kappa shape index (κ1) is 25.5. The van der Waals surface area contributed by atoms with E-state index in [2.05, 4.69) is 58.7 Å². The molecule has 0 spiro atoms. The minimum absolute atomic E-state index is 0.112. The van der Waals surface area contributed by atoms with Gasteiger partial charge in [-0.3, -0.25) is 0 Å². The van der Waals surface area contributed by atoms with Crippen LogP contribution in [0.15, 0.2) is 71.8 Å². The summed E-state index contributed by atoms with van der Waals surface area (Å²) in [5.74, 6) is -1.22. The largest absolute Gasteiger partial charge is 0.330 e. The summed E-state index contributed by atoms with van der Waals surface area (Å²) in [6, 6.07) is 20.1. The maximum Gasteiger partial charge on any atom is 0.230 e. The SMILES string of the molecule is Cc1ccc(C(CCN)C2(c3ccc(C)cc3)SC(c3cc(F)ccc3F)=NN2c2nnc(C)s2)cc1. The number of hydrazone groups is 1. The average Bonchev–Trinajstić information content (AvgIpc) is 3.49. The van der Waals surface area contributed by atoms with Crippen molar-refractivity contribution in [2.45, 2.75) is 38.0 Å². The van der Waals surface area contributed by atoms with E-state index >= 15 is 4.39 Å². The Morgan fingerprint density at radius 1 is 0.919 bits per heavy atom. The van der Waals surface area contributed by atoms with Crippen molar-refractivity contribution in [3.63, 3.8) is 0 Å². The number of hydrogen-bond donors (Lipinski definition) is 1. The average molecular weight is 536 g/mol. The van der Waals surface area contributed by atoms with Gasteiger partial charge in [0.15, 0.2) is 0 Å². The molecular weight excluding hydrogens is 508 g/mol. The zero-order chi connectivity index (χ0) is 26.2. The zero-order valence-corrected chi connectivity index (χ0v) is 22.4. The van der Waals surface area contributed by atoms with Crippen molar-refractivity contribution in [3.05, 3.63) is 111 Å². The Kier molecular flexibility index (Phi) is 7.11. The van der Waals surface area contributed by atoms with Gasteiger partial charge in [-0.2, -0.15) is 5.10 Å². The summed E-state index contributed by atoms with van der Waals surface area (Å²) in [6.45, 7) is 6.39. The number of halogens is 2. The van der Waals surface area contributed by atoms with Gasteiger partial charge in [-0.1, -0.05) is 82.8 Å². The van der Waals surface area contributed by atoms with Crippen molar-refractivity contribution in [2.24, 2.45) is 10.8 Å². The molecule has 0 saturated carbocycles. The van der Waals surface area contributed by atoms with Gasteiger partial charge in [0.1, 0.15) is 26.6 Å². The van der Waals surface area contributed by atoms with Crippen LogP contribution in [0.3, 0.4) is 0 Å². The fourth-order valence-electron chi connectivity index (χ4n) is 4.65. The standard InChI is InChI=1S/C28H27F2N5S2/c1-17-4-8-20(9-5-17)24(14-15-31)28(21-10-6-18(2)7-11-21)35(27-33-32-19(3)36-27)34-26(37-28)23-16-22(29)12-13-25(23)30/h4-13,16,24H,14-15,31H2,1-3H3. The summed E-state index contributed by atoms with van der Waals surface area (Å²) in [7, 11) is 0. The van der Waals surface area contributed by atoms with Gasteiger partial charge in [0, 0.05) is 11.5 Å². The van der Waals surface area contributed by atoms with Gasteiger partial charge in [-0.25, -0.2) is 13.8 Å². The molecule has 1 aliphatic rings. The molecule has 0 fully saturated rings. The van der Waals surface area contributed by atoms with Crippen LogP contribution >= 0.6 is 23.1 Å². The first-order valence-corrected chi connectivity index (χ1v) is 13.6. The van der Waals surface area contributed by atoms with E-state index in [4.69, 9.17) is 10.8 Å². The van der Waals surface area contributed by atoms with E-state index < -0.39 is 16.5 Å². The van der Waals surface area contributed by atoms with Crippen molar-refractivity contribution in [2.75, 3.05) is 11.6 Å². The highest BCUT2D eigenvalue weighted by molar-refractivity contribution is 8.15. The van der Waals surface area contributed by atoms with Crippen LogP contribution in [0.5, 0.6) is 0 Å². The number of nitrogens with two attached hydrogens (primary N) is 1. The molecule has 0 radical (unpaired) electrons. The molecule has 37 heavy (non-hydrogen) atoms. The number of aryl methyl sites for hydroxylation is 3. The minimum Gasteiger partial charge on any atom is -0.330 e. The number of aromatic nitrogens is 2. The third kappa shape index (κ3) is 4.79. The molecule has 2 heterocycles. The summed E-state index contributed by atoms with van der Waals surface area (Å²) in [5.41, 5.74) is 10.6. The maximum atomic E-state index is 15.1. The molecule has 5 rings (SSSR count). The number of benzene rings is 3. The molecular formula is C28H27F2N5S2. The van der Waals surface area contributed by atoms with Crippen molar-refractivity contribution in [1.29, 1.82) is 0 Å². The molecule has 2 unspecified atom stereocenters. The van der Waals surface area contributed by atoms with E-state index in [0.717, 1.165) is 39.4 Å². The van der Waals surface area contributed by atoms with Crippen molar-refractivity contribution in [3.8, 4) is 0 Å². The molecule has 0 bridgehead atoms. The minimum atomic E-state index is -0.873. The lowest BCUT2D eigenvalue weighted by molar-refractivity contribution is 0.451. The van der Waals surface area contributed by atoms with Crippen molar-refractivity contribution in [1.82, 2.24) is 10.2 Å². The second kappa shape index (κ2) is 10.3. The molecule has 190 valence electrons. The van der Waals surface area contributed by atoms with Crippen molar-refractivity contribution >= 4 is 33.3 Å². The van der Waals surface area contributed by atoms with Gasteiger partial charge in [0.25, 0.3) is 0 Å². The second-order valence-electron chi connectivity index (χ2n) is 9.15.